The molecule has 0 spiro atoms. The van der Waals surface area contributed by atoms with E-state index in [1.54, 1.807) is 24.8 Å². The van der Waals surface area contributed by atoms with Crippen molar-refractivity contribution in [3.05, 3.63) is 61.2 Å². The van der Waals surface area contributed by atoms with Gasteiger partial charge in [-0.25, -0.2) is 39.9 Å². The highest BCUT2D eigenvalue weighted by Crippen LogP contribution is 2.29. The van der Waals surface area contributed by atoms with E-state index in [0.717, 1.165) is 185 Å². The van der Waals surface area contributed by atoms with Crippen LogP contribution in [0.2, 0.25) is 0 Å². The van der Waals surface area contributed by atoms with E-state index in [9.17, 15) is 0 Å². The van der Waals surface area contributed by atoms with Crippen molar-refractivity contribution in [2.45, 2.75) is 183 Å². The van der Waals surface area contributed by atoms with E-state index in [1.807, 2.05) is 29.7 Å². The average Bonchev–Trinajstić information content (AvgIpc) is 1.80. The van der Waals surface area contributed by atoms with Crippen LogP contribution in [-0.2, 0) is 0 Å². The number of halogens is 1. The summed E-state index contributed by atoms with van der Waals surface area (Å²) >= 11 is 0. The van der Waals surface area contributed by atoms with E-state index in [-0.39, 0.29) is 39.1 Å². The van der Waals surface area contributed by atoms with Crippen molar-refractivity contribution in [3.63, 3.8) is 0 Å². The first-order valence-electron chi connectivity index (χ1n) is 37.0. The summed E-state index contributed by atoms with van der Waals surface area (Å²) in [5.74, 6) is 10.6. The van der Waals surface area contributed by atoms with Crippen LogP contribution in [-0.4, -0.2) is 196 Å². The van der Waals surface area contributed by atoms with Crippen molar-refractivity contribution in [1.29, 1.82) is 5.26 Å². The normalized spacial score (nSPS) is 18.8. The second-order valence-electron chi connectivity index (χ2n) is 28.1. The Bertz CT molecular complexity index is 3090. The standard InChI is InChI=1S/2C20H30N6O2.C16H23N5O.C15H24N4O.2CH4.ClH/c2*1-15(2)19-23-20(28-24-19)26-10-6-16(7-11-26)14-27-18-13-21-17(12-22-18)25-8-4-3-5-9-25;17-13-20-8-4-14(5-9-20)12-22-16-11-18-15(10-19-16)21-6-2-1-3-7-21;1-2-8-19(9-3-1)14-10-18-15(11-17-14)20-12-13-4-6-16-7-5-13;;;/h2*12-13,15-16H,3-11,14H2,1-2H3;10-11,14H,1-9,12H2;10-11,13,16H,1-9,12H2;2*1H4;1H. The first kappa shape index (κ1) is 78.9. The van der Waals surface area contributed by atoms with Crippen LogP contribution in [0.3, 0.4) is 0 Å². The van der Waals surface area contributed by atoms with Gasteiger partial charge in [-0.1, -0.05) is 52.9 Å². The highest BCUT2D eigenvalue weighted by atomic mass is 35.5. The fourth-order valence-electron chi connectivity index (χ4n) is 13.5. The number of likely N-dealkylation sites (tertiary alicyclic amines) is 1. The number of nitrogens with one attached hydrogen (secondary N) is 1. The summed E-state index contributed by atoms with van der Waals surface area (Å²) in [6.45, 7) is 27.2. The smallest absolute Gasteiger partial charge is 0.324 e. The first-order valence-corrected chi connectivity index (χ1v) is 37.0. The number of hydrogen-bond acceptors (Lipinski definition) is 27. The van der Waals surface area contributed by atoms with Gasteiger partial charge in [0.1, 0.15) is 23.3 Å². The van der Waals surface area contributed by atoms with Crippen molar-refractivity contribution >= 4 is 47.7 Å². The minimum Gasteiger partial charge on any atom is -0.476 e. The SMILES string of the molecule is C.C.CC(C)c1noc(N2CCC(COc3cnc(N4CCCCC4)cn3)CC2)n1.CC(C)c1noc(N2CCC(COc3cnc(N4CCCCC4)cn3)CC2)n1.Cl.N#CN1CCC(COc2cnc(N3CCCCC3)cn2)CC1.c1nc(N2CCCCC2)cnc1OCC1CCNCC1. The topological polar surface area (TPSA) is 276 Å². The van der Waals surface area contributed by atoms with Crippen LogP contribution in [0.4, 0.5) is 35.3 Å². The van der Waals surface area contributed by atoms with E-state index in [1.165, 1.54) is 89.9 Å². The molecule has 0 saturated carbocycles. The molecule has 101 heavy (non-hydrogen) atoms. The minimum absolute atomic E-state index is 0. The van der Waals surface area contributed by atoms with Gasteiger partial charge in [0.2, 0.25) is 23.5 Å². The summed E-state index contributed by atoms with van der Waals surface area (Å²) in [5.41, 5.74) is 0. The Labute approximate surface area is 606 Å². The van der Waals surface area contributed by atoms with Crippen LogP contribution < -0.4 is 53.7 Å². The third kappa shape index (κ3) is 24.7. The molecule has 8 fully saturated rings. The number of aromatic nitrogens is 12. The third-order valence-corrected chi connectivity index (χ3v) is 19.9. The predicted molar refractivity (Wildman–Crippen MR) is 397 cm³/mol. The molecule has 0 atom stereocenters. The molecule has 14 rings (SSSR count). The molecule has 556 valence electrons. The predicted octanol–water partition coefficient (Wildman–Crippen LogP) is 12.1. The Hall–Kier alpha value is -7.86. The van der Waals surface area contributed by atoms with Crippen LogP contribution in [0.25, 0.3) is 0 Å². The third-order valence-electron chi connectivity index (χ3n) is 19.9. The highest BCUT2D eigenvalue weighted by molar-refractivity contribution is 5.85. The highest BCUT2D eigenvalue weighted by Gasteiger charge is 2.28. The fourth-order valence-corrected chi connectivity index (χ4v) is 13.5. The number of anilines is 6. The molecular weight excluding hydrogens is 1300 g/mol. The van der Waals surface area contributed by atoms with Crippen LogP contribution in [0.5, 0.6) is 23.5 Å². The first-order chi connectivity index (χ1) is 48.1. The Morgan fingerprint density at radius 2 is 0.663 bits per heavy atom. The van der Waals surface area contributed by atoms with Gasteiger partial charge in [0.25, 0.3) is 0 Å². The molecule has 0 aliphatic carbocycles. The summed E-state index contributed by atoms with van der Waals surface area (Å²) in [6.07, 6.45) is 40.3. The van der Waals surface area contributed by atoms with Crippen LogP contribution in [0.15, 0.2) is 58.6 Å². The van der Waals surface area contributed by atoms with Gasteiger partial charge >= 0.3 is 12.0 Å². The molecular formula is C73H116ClN21O6. The van der Waals surface area contributed by atoms with Crippen molar-refractivity contribution in [3.8, 4) is 29.7 Å². The van der Waals surface area contributed by atoms with Crippen LogP contribution >= 0.6 is 12.4 Å². The number of hydrogen-bond donors (Lipinski definition) is 1. The zero-order valence-electron chi connectivity index (χ0n) is 59.2. The second kappa shape index (κ2) is 41.9. The molecule has 0 bridgehead atoms. The summed E-state index contributed by atoms with van der Waals surface area (Å²) in [4.78, 5) is 60.1. The maximum Gasteiger partial charge on any atom is 0.324 e. The van der Waals surface area contributed by atoms with Gasteiger partial charge in [0.15, 0.2) is 17.8 Å². The van der Waals surface area contributed by atoms with Crippen molar-refractivity contribution in [2.75, 3.05) is 161 Å². The summed E-state index contributed by atoms with van der Waals surface area (Å²) < 4.78 is 34.1. The van der Waals surface area contributed by atoms with E-state index < -0.39 is 0 Å². The van der Waals surface area contributed by atoms with E-state index >= 15 is 0 Å². The van der Waals surface area contributed by atoms with Crippen LogP contribution in [0.1, 0.15) is 194 Å². The Morgan fingerprint density at radius 3 is 0.911 bits per heavy atom. The van der Waals surface area contributed by atoms with E-state index in [0.29, 0.717) is 79.0 Å². The van der Waals surface area contributed by atoms with Gasteiger partial charge in [-0.2, -0.15) is 15.2 Å². The van der Waals surface area contributed by atoms with Crippen LogP contribution in [0, 0.1) is 35.1 Å². The molecule has 0 radical (unpaired) electrons. The number of piperidine rings is 8. The monoisotopic (exact) mass is 1420 g/mol. The van der Waals surface area contributed by atoms with Crippen molar-refractivity contribution in [1.82, 2.24) is 70.4 Å². The maximum absolute atomic E-state index is 8.84. The molecule has 14 heterocycles. The molecule has 27 nitrogen and oxygen atoms in total. The lowest BCUT2D eigenvalue weighted by molar-refractivity contribution is 0.171. The van der Waals surface area contributed by atoms with Crippen molar-refractivity contribution in [2.24, 2.45) is 23.7 Å². The Balaban J connectivity index is 0.000000171. The minimum atomic E-state index is 0. The van der Waals surface area contributed by atoms with E-state index in [4.69, 9.17) is 33.3 Å². The van der Waals surface area contributed by atoms with Gasteiger partial charge in [-0.15, -0.1) is 12.4 Å². The molecule has 28 heteroatoms. The molecule has 1 N–H and O–H groups in total. The van der Waals surface area contributed by atoms with Gasteiger partial charge in [0, 0.05) is 103 Å². The molecule has 8 saturated heterocycles. The Kier molecular flexibility index (Phi) is 32.7. The molecule has 0 unspecified atom stereocenters. The summed E-state index contributed by atoms with van der Waals surface area (Å²) in [7, 11) is 0. The number of rotatable bonds is 20. The van der Waals surface area contributed by atoms with Gasteiger partial charge in [-0.3, -0.25) is 0 Å². The number of nitrogens with zero attached hydrogens (tertiary/aromatic N) is 20. The lowest BCUT2D eigenvalue weighted by Crippen LogP contribution is -2.35. The molecule has 8 aliphatic heterocycles. The zero-order chi connectivity index (χ0) is 67.5. The molecule has 8 aliphatic rings. The fraction of sp³-hybridized carbons (Fsp3) is 0.712. The quantitative estimate of drug-likeness (QED) is 0.0695. The number of nitriles is 1. The second-order valence-corrected chi connectivity index (χ2v) is 28.1. The molecule has 6 aromatic rings. The summed E-state index contributed by atoms with van der Waals surface area (Å²) in [6, 6.07) is 1.28. The molecule has 0 aromatic carbocycles. The van der Waals surface area contributed by atoms with Crippen molar-refractivity contribution < 1.29 is 28.0 Å². The maximum atomic E-state index is 8.84. The van der Waals surface area contributed by atoms with Gasteiger partial charge in [0.05, 0.1) is 76.0 Å². The molecule has 6 aromatic heterocycles. The largest absolute Gasteiger partial charge is 0.476 e. The van der Waals surface area contributed by atoms with E-state index in [2.05, 4.69) is 129 Å². The van der Waals surface area contributed by atoms with Gasteiger partial charge in [-0.05, 0) is 165 Å². The summed E-state index contributed by atoms with van der Waals surface area (Å²) in [5, 5.41) is 20.3. The molecule has 0 amide bonds. The number of ether oxygens (including phenoxy) is 4. The van der Waals surface area contributed by atoms with Gasteiger partial charge < -0.3 is 67.6 Å². The lowest BCUT2D eigenvalue weighted by Gasteiger charge is -2.30. The zero-order valence-corrected chi connectivity index (χ0v) is 60.0. The lowest BCUT2D eigenvalue weighted by atomic mass is 9.98. The Morgan fingerprint density at radius 1 is 0.386 bits per heavy atom. The average molecular weight is 1420 g/mol.